The van der Waals surface area contributed by atoms with Crippen LogP contribution in [0.5, 0.6) is 23.0 Å². The SMILES string of the molecule is CCNC(=NCc1cc(OC)ccc1OC(F)F)NCc1cccc(OC)c1O.I. The van der Waals surface area contributed by atoms with Crippen molar-refractivity contribution < 1.29 is 28.1 Å². The van der Waals surface area contributed by atoms with Crippen LogP contribution in [0, 0.1) is 0 Å². The number of aliphatic imine (C=N–C) groups is 1. The summed E-state index contributed by atoms with van der Waals surface area (Å²) in [6.07, 6.45) is 0. The van der Waals surface area contributed by atoms with E-state index in [9.17, 15) is 13.9 Å². The van der Waals surface area contributed by atoms with Gasteiger partial charge < -0.3 is 30.0 Å². The highest BCUT2D eigenvalue weighted by molar-refractivity contribution is 14.0. The summed E-state index contributed by atoms with van der Waals surface area (Å²) in [5, 5.41) is 16.3. The number of phenols is 1. The lowest BCUT2D eigenvalue weighted by Crippen LogP contribution is -2.36. The first-order chi connectivity index (χ1) is 14.0. The molecule has 0 aromatic heterocycles. The Labute approximate surface area is 191 Å². The van der Waals surface area contributed by atoms with E-state index in [0.717, 1.165) is 0 Å². The Morgan fingerprint density at radius 1 is 1.07 bits per heavy atom. The molecule has 0 amide bonds. The van der Waals surface area contributed by atoms with E-state index in [-0.39, 0.29) is 48.6 Å². The van der Waals surface area contributed by atoms with Gasteiger partial charge in [0.2, 0.25) is 0 Å². The third kappa shape index (κ3) is 7.39. The van der Waals surface area contributed by atoms with Crippen molar-refractivity contribution >= 4 is 29.9 Å². The standard InChI is InChI=1S/C20H25F2N3O4.HI/c1-4-23-20(24-11-13-6-5-7-17(28-3)18(13)26)25-12-14-10-15(27-2)8-9-16(14)29-19(21)22;/h5-10,19,26H,4,11-12H2,1-3H3,(H2,23,24,25);1H. The quantitative estimate of drug-likeness (QED) is 0.256. The molecule has 0 atom stereocenters. The molecular weight excluding hydrogens is 511 g/mol. The van der Waals surface area contributed by atoms with Crippen LogP contribution in [-0.2, 0) is 13.1 Å². The van der Waals surface area contributed by atoms with Crippen molar-refractivity contribution in [3.8, 4) is 23.0 Å². The first kappa shape index (κ1) is 25.5. The summed E-state index contributed by atoms with van der Waals surface area (Å²) in [5.74, 6) is 1.40. The summed E-state index contributed by atoms with van der Waals surface area (Å²) in [5.41, 5.74) is 1.07. The van der Waals surface area contributed by atoms with Gasteiger partial charge in [0.05, 0.1) is 20.8 Å². The first-order valence-electron chi connectivity index (χ1n) is 8.97. The van der Waals surface area contributed by atoms with Crippen LogP contribution in [0.25, 0.3) is 0 Å². The molecule has 0 spiro atoms. The van der Waals surface area contributed by atoms with E-state index in [1.165, 1.54) is 20.3 Å². The summed E-state index contributed by atoms with van der Waals surface area (Å²) in [6.45, 7) is -0.0778. The minimum absolute atomic E-state index is 0. The summed E-state index contributed by atoms with van der Waals surface area (Å²) in [6, 6.07) is 9.74. The van der Waals surface area contributed by atoms with Gasteiger partial charge in [-0.2, -0.15) is 8.78 Å². The molecule has 3 N–H and O–H groups in total. The molecule has 10 heteroatoms. The van der Waals surface area contributed by atoms with Crippen LogP contribution in [0.15, 0.2) is 41.4 Å². The second-order valence-electron chi connectivity index (χ2n) is 5.87. The number of alkyl halides is 2. The number of aromatic hydroxyl groups is 1. The molecule has 2 rings (SSSR count). The van der Waals surface area contributed by atoms with Crippen molar-refractivity contribution in [2.75, 3.05) is 20.8 Å². The Kier molecular flexibility index (Phi) is 11.0. The fourth-order valence-electron chi connectivity index (χ4n) is 2.58. The summed E-state index contributed by atoms with van der Waals surface area (Å²) in [7, 11) is 2.97. The maximum Gasteiger partial charge on any atom is 0.387 e. The lowest BCUT2D eigenvalue weighted by atomic mass is 10.2. The Morgan fingerprint density at radius 3 is 2.47 bits per heavy atom. The number of halogens is 3. The van der Waals surface area contributed by atoms with Gasteiger partial charge >= 0.3 is 6.61 Å². The van der Waals surface area contributed by atoms with Crippen LogP contribution in [0.4, 0.5) is 8.78 Å². The minimum Gasteiger partial charge on any atom is -0.504 e. The highest BCUT2D eigenvalue weighted by Gasteiger charge is 2.12. The number of hydrogen-bond acceptors (Lipinski definition) is 5. The predicted molar refractivity (Wildman–Crippen MR) is 121 cm³/mol. The number of nitrogens with one attached hydrogen (secondary N) is 2. The fraction of sp³-hybridized carbons (Fsp3) is 0.350. The van der Waals surface area contributed by atoms with E-state index in [1.807, 2.05) is 6.92 Å². The van der Waals surface area contributed by atoms with Gasteiger partial charge in [-0.25, -0.2) is 4.99 Å². The smallest absolute Gasteiger partial charge is 0.387 e. The molecule has 0 aliphatic rings. The van der Waals surface area contributed by atoms with Gasteiger partial charge in [-0.05, 0) is 31.2 Å². The molecule has 0 radical (unpaired) electrons. The molecule has 0 saturated carbocycles. The second-order valence-corrected chi connectivity index (χ2v) is 5.87. The third-order valence-electron chi connectivity index (χ3n) is 3.98. The summed E-state index contributed by atoms with van der Waals surface area (Å²) < 4.78 is 40.1. The van der Waals surface area contributed by atoms with Gasteiger partial charge in [0.1, 0.15) is 11.5 Å². The topological polar surface area (TPSA) is 84.3 Å². The van der Waals surface area contributed by atoms with Crippen LogP contribution in [0.2, 0.25) is 0 Å². The number of ether oxygens (including phenoxy) is 3. The molecule has 0 saturated heterocycles. The largest absolute Gasteiger partial charge is 0.504 e. The highest BCUT2D eigenvalue weighted by Crippen LogP contribution is 2.29. The van der Waals surface area contributed by atoms with Gasteiger partial charge in [-0.1, -0.05) is 12.1 Å². The van der Waals surface area contributed by atoms with Crippen molar-refractivity contribution in [2.45, 2.75) is 26.6 Å². The number of guanidine groups is 1. The average Bonchev–Trinajstić information content (AvgIpc) is 2.71. The molecule has 30 heavy (non-hydrogen) atoms. The molecular formula is C20H26F2IN3O4. The number of rotatable bonds is 9. The molecule has 2 aromatic rings. The lowest BCUT2D eigenvalue weighted by Gasteiger charge is -2.14. The van der Waals surface area contributed by atoms with Crippen LogP contribution in [0.1, 0.15) is 18.1 Å². The maximum absolute atomic E-state index is 12.7. The Hall–Kier alpha value is -2.50. The van der Waals surface area contributed by atoms with E-state index in [1.54, 1.807) is 30.3 Å². The maximum atomic E-state index is 12.7. The van der Waals surface area contributed by atoms with Crippen molar-refractivity contribution in [2.24, 2.45) is 4.99 Å². The third-order valence-corrected chi connectivity index (χ3v) is 3.98. The average molecular weight is 537 g/mol. The van der Waals surface area contributed by atoms with E-state index < -0.39 is 6.61 Å². The molecule has 0 fully saturated rings. The fourth-order valence-corrected chi connectivity index (χ4v) is 2.58. The van der Waals surface area contributed by atoms with Crippen LogP contribution >= 0.6 is 24.0 Å². The normalized spacial score (nSPS) is 10.9. The second kappa shape index (κ2) is 12.9. The Balaban J connectivity index is 0.00000450. The molecule has 2 aromatic carbocycles. The van der Waals surface area contributed by atoms with Crippen LogP contribution < -0.4 is 24.8 Å². The number of methoxy groups -OCH3 is 2. The minimum atomic E-state index is -2.94. The molecule has 0 aliphatic heterocycles. The van der Waals surface area contributed by atoms with E-state index >= 15 is 0 Å². The van der Waals surface area contributed by atoms with E-state index in [2.05, 4.69) is 20.4 Å². The highest BCUT2D eigenvalue weighted by atomic mass is 127. The summed E-state index contributed by atoms with van der Waals surface area (Å²) in [4.78, 5) is 4.42. The van der Waals surface area contributed by atoms with Gasteiger partial charge in [-0.3, -0.25) is 0 Å². The van der Waals surface area contributed by atoms with Crippen molar-refractivity contribution in [1.29, 1.82) is 0 Å². The monoisotopic (exact) mass is 537 g/mol. The molecule has 7 nitrogen and oxygen atoms in total. The lowest BCUT2D eigenvalue weighted by molar-refractivity contribution is -0.0504. The Morgan fingerprint density at radius 2 is 1.83 bits per heavy atom. The number of benzene rings is 2. The zero-order valence-corrected chi connectivity index (χ0v) is 19.3. The van der Waals surface area contributed by atoms with Crippen molar-refractivity contribution in [1.82, 2.24) is 10.6 Å². The Bertz CT molecular complexity index is 838. The van der Waals surface area contributed by atoms with Crippen molar-refractivity contribution in [3.63, 3.8) is 0 Å². The molecule has 0 heterocycles. The number of hydrogen-bond donors (Lipinski definition) is 3. The first-order valence-corrected chi connectivity index (χ1v) is 8.97. The molecule has 166 valence electrons. The van der Waals surface area contributed by atoms with Gasteiger partial charge in [0.25, 0.3) is 0 Å². The predicted octanol–water partition coefficient (Wildman–Crippen LogP) is 3.88. The van der Waals surface area contributed by atoms with Crippen molar-refractivity contribution in [3.05, 3.63) is 47.5 Å². The van der Waals surface area contributed by atoms with Gasteiger partial charge in [0, 0.05) is 24.2 Å². The number of nitrogens with zero attached hydrogens (tertiary/aromatic N) is 1. The number of para-hydroxylation sites is 1. The van der Waals surface area contributed by atoms with Gasteiger partial charge in [0.15, 0.2) is 17.5 Å². The van der Waals surface area contributed by atoms with E-state index in [4.69, 9.17) is 9.47 Å². The molecule has 0 bridgehead atoms. The summed E-state index contributed by atoms with van der Waals surface area (Å²) >= 11 is 0. The zero-order chi connectivity index (χ0) is 21.2. The number of phenolic OH excluding ortho intramolecular Hbond substituents is 1. The van der Waals surface area contributed by atoms with Crippen LogP contribution in [-0.4, -0.2) is 38.4 Å². The zero-order valence-electron chi connectivity index (χ0n) is 16.9. The van der Waals surface area contributed by atoms with Gasteiger partial charge in [-0.15, -0.1) is 24.0 Å². The molecule has 0 unspecified atom stereocenters. The van der Waals surface area contributed by atoms with E-state index in [0.29, 0.717) is 35.1 Å². The van der Waals surface area contributed by atoms with Crippen LogP contribution in [0.3, 0.4) is 0 Å². The molecule has 0 aliphatic carbocycles.